The molecule has 0 aliphatic carbocycles. The first-order valence-corrected chi connectivity index (χ1v) is 12.0. The number of benzene rings is 2. The van der Waals surface area contributed by atoms with Crippen LogP contribution in [0.25, 0.3) is 0 Å². The zero-order valence-corrected chi connectivity index (χ0v) is 18.9. The van der Waals surface area contributed by atoms with Crippen LogP contribution in [0.15, 0.2) is 53.4 Å². The zero-order chi connectivity index (χ0) is 23.6. The van der Waals surface area contributed by atoms with Crippen LogP contribution in [0.4, 0.5) is 0 Å². The molecule has 0 bridgehead atoms. The molecule has 0 atom stereocenters. The van der Waals surface area contributed by atoms with Gasteiger partial charge in [-0.25, -0.2) is 8.42 Å². The second-order valence-electron chi connectivity index (χ2n) is 7.83. The van der Waals surface area contributed by atoms with Crippen molar-refractivity contribution in [2.24, 2.45) is 5.92 Å². The van der Waals surface area contributed by atoms with Crippen LogP contribution in [-0.4, -0.2) is 68.8 Å². The Hall–Kier alpha value is -3.24. The third-order valence-corrected chi connectivity index (χ3v) is 7.83. The Balaban J connectivity index is 1.27. The van der Waals surface area contributed by atoms with Crippen molar-refractivity contribution < 1.29 is 32.3 Å². The van der Waals surface area contributed by atoms with Crippen molar-refractivity contribution in [2.45, 2.75) is 17.7 Å². The molecule has 0 spiro atoms. The van der Waals surface area contributed by atoms with Gasteiger partial charge in [0.25, 0.3) is 11.8 Å². The largest absolute Gasteiger partial charge is 0.497 e. The van der Waals surface area contributed by atoms with Gasteiger partial charge < -0.3 is 9.47 Å². The molecule has 0 aromatic heterocycles. The van der Waals surface area contributed by atoms with E-state index in [0.29, 0.717) is 29.7 Å². The Kier molecular flexibility index (Phi) is 6.48. The number of hydrogen-bond donors (Lipinski definition) is 0. The smallest absolute Gasteiger partial charge is 0.309 e. The van der Waals surface area contributed by atoms with E-state index < -0.39 is 33.7 Å². The average molecular weight is 473 g/mol. The zero-order valence-electron chi connectivity index (χ0n) is 18.1. The second kappa shape index (κ2) is 9.32. The molecule has 0 radical (unpaired) electrons. The number of ether oxygens (including phenoxy) is 2. The molecule has 0 unspecified atom stereocenters. The first-order valence-electron chi connectivity index (χ1n) is 10.6. The maximum atomic E-state index is 12.8. The third kappa shape index (κ3) is 4.49. The highest BCUT2D eigenvalue weighted by Crippen LogP contribution is 2.26. The molecule has 0 N–H and O–H groups in total. The molecule has 2 amide bonds. The summed E-state index contributed by atoms with van der Waals surface area (Å²) in [6.45, 7) is 0.274. The van der Waals surface area contributed by atoms with Crippen LogP contribution in [0.2, 0.25) is 0 Å². The van der Waals surface area contributed by atoms with Crippen molar-refractivity contribution >= 4 is 27.8 Å². The van der Waals surface area contributed by atoms with Crippen LogP contribution in [0, 0.1) is 5.92 Å². The molecule has 2 aromatic carbocycles. The minimum Gasteiger partial charge on any atom is -0.497 e. The minimum absolute atomic E-state index is 0.0250. The number of imide groups is 1. The fourth-order valence-electron chi connectivity index (χ4n) is 4.03. The van der Waals surface area contributed by atoms with Crippen molar-refractivity contribution in [1.82, 2.24) is 9.21 Å². The van der Waals surface area contributed by atoms with Crippen LogP contribution < -0.4 is 4.74 Å². The Labute approximate surface area is 191 Å². The maximum absolute atomic E-state index is 12.8. The molecule has 174 valence electrons. The summed E-state index contributed by atoms with van der Waals surface area (Å²) < 4.78 is 37.4. The van der Waals surface area contributed by atoms with Crippen LogP contribution >= 0.6 is 0 Å². The highest BCUT2D eigenvalue weighted by Gasteiger charge is 2.36. The van der Waals surface area contributed by atoms with Gasteiger partial charge in [-0.05, 0) is 49.2 Å². The number of carbonyl (C=O) groups excluding carboxylic acids is 3. The molecule has 2 aromatic rings. The molecule has 2 heterocycles. The van der Waals surface area contributed by atoms with Crippen molar-refractivity contribution in [2.75, 3.05) is 33.4 Å². The molecule has 4 rings (SSSR count). The minimum atomic E-state index is -3.66. The predicted octanol–water partition coefficient (Wildman–Crippen LogP) is 1.94. The molecule has 9 nitrogen and oxygen atoms in total. The average Bonchev–Trinajstić information content (AvgIpc) is 3.09. The van der Waals surface area contributed by atoms with Gasteiger partial charge in [-0.1, -0.05) is 12.1 Å². The molecular formula is C23H24N2O7S. The quantitative estimate of drug-likeness (QED) is 0.447. The lowest BCUT2D eigenvalue weighted by atomic mass is 9.98. The molecule has 33 heavy (non-hydrogen) atoms. The van der Waals surface area contributed by atoms with Gasteiger partial charge in [0.2, 0.25) is 10.0 Å². The van der Waals surface area contributed by atoms with Gasteiger partial charge in [0, 0.05) is 13.1 Å². The highest BCUT2D eigenvalue weighted by molar-refractivity contribution is 7.89. The van der Waals surface area contributed by atoms with Gasteiger partial charge in [0.1, 0.15) is 12.4 Å². The number of nitrogens with zero attached hydrogens (tertiary/aromatic N) is 2. The summed E-state index contributed by atoms with van der Waals surface area (Å²) in [6.07, 6.45) is 0.669. The molecular weight excluding hydrogens is 448 g/mol. The number of hydrogen-bond acceptors (Lipinski definition) is 7. The Morgan fingerprint density at radius 2 is 1.55 bits per heavy atom. The molecule has 10 heteroatoms. The van der Waals surface area contributed by atoms with Gasteiger partial charge >= 0.3 is 5.97 Å². The summed E-state index contributed by atoms with van der Waals surface area (Å²) >= 11 is 0. The van der Waals surface area contributed by atoms with Crippen LogP contribution in [-0.2, 0) is 19.6 Å². The van der Waals surface area contributed by atoms with Crippen molar-refractivity contribution in [3.05, 3.63) is 59.7 Å². The number of rotatable bonds is 7. The maximum Gasteiger partial charge on any atom is 0.309 e. The van der Waals surface area contributed by atoms with E-state index in [-0.39, 0.29) is 31.1 Å². The van der Waals surface area contributed by atoms with E-state index in [1.807, 2.05) is 0 Å². The van der Waals surface area contributed by atoms with Crippen molar-refractivity contribution in [3.8, 4) is 5.75 Å². The summed E-state index contributed by atoms with van der Waals surface area (Å²) in [5, 5.41) is 0. The highest BCUT2D eigenvalue weighted by atomic mass is 32.2. The van der Waals surface area contributed by atoms with Gasteiger partial charge in [-0.3, -0.25) is 19.3 Å². The summed E-state index contributed by atoms with van der Waals surface area (Å²) in [5.41, 5.74) is 0.693. The monoisotopic (exact) mass is 472 g/mol. The van der Waals surface area contributed by atoms with Gasteiger partial charge in [0.15, 0.2) is 0 Å². The fourth-order valence-corrected chi connectivity index (χ4v) is 5.50. The number of sulfonamides is 1. The van der Waals surface area contributed by atoms with Crippen molar-refractivity contribution in [1.29, 1.82) is 0 Å². The second-order valence-corrected chi connectivity index (χ2v) is 9.77. The van der Waals surface area contributed by atoms with Gasteiger partial charge in [0.05, 0.1) is 35.6 Å². The number of piperidine rings is 1. The Morgan fingerprint density at radius 3 is 2.09 bits per heavy atom. The van der Waals surface area contributed by atoms with E-state index in [9.17, 15) is 22.8 Å². The standard InChI is InChI=1S/C23H24N2O7S/c1-31-17-6-8-18(9-7-17)33(29,30)24-12-10-16(11-13-24)23(28)32-15-14-25-21(26)19-4-2-3-5-20(19)22(25)27/h2-9,16H,10-15H2,1H3. The molecule has 1 fully saturated rings. The third-order valence-electron chi connectivity index (χ3n) is 5.92. The summed E-state index contributed by atoms with van der Waals surface area (Å²) in [4.78, 5) is 38.4. The van der Waals surface area contributed by atoms with E-state index in [2.05, 4.69) is 0 Å². The molecule has 2 aliphatic heterocycles. The molecule has 1 saturated heterocycles. The van der Waals surface area contributed by atoms with E-state index in [0.717, 1.165) is 4.90 Å². The van der Waals surface area contributed by atoms with E-state index >= 15 is 0 Å². The van der Waals surface area contributed by atoms with Crippen molar-refractivity contribution in [3.63, 3.8) is 0 Å². The number of methoxy groups -OCH3 is 1. The predicted molar refractivity (Wildman–Crippen MR) is 117 cm³/mol. The topological polar surface area (TPSA) is 110 Å². The Bertz CT molecular complexity index is 1130. The number of carbonyl (C=O) groups is 3. The van der Waals surface area contributed by atoms with Crippen LogP contribution in [0.5, 0.6) is 5.75 Å². The lowest BCUT2D eigenvalue weighted by Crippen LogP contribution is -2.41. The summed E-state index contributed by atoms with van der Waals surface area (Å²) in [5.74, 6) is -1.12. The van der Waals surface area contributed by atoms with E-state index in [4.69, 9.17) is 9.47 Å². The summed E-state index contributed by atoms with van der Waals surface area (Å²) in [6, 6.07) is 12.7. The van der Waals surface area contributed by atoms with E-state index in [1.165, 1.54) is 23.5 Å². The fraction of sp³-hybridized carbons (Fsp3) is 0.348. The lowest BCUT2D eigenvalue weighted by molar-refractivity contribution is -0.150. The lowest BCUT2D eigenvalue weighted by Gasteiger charge is -2.30. The van der Waals surface area contributed by atoms with Crippen LogP contribution in [0.1, 0.15) is 33.6 Å². The molecule has 2 aliphatic rings. The normalized spacial score (nSPS) is 17.2. The number of fused-ring (bicyclic) bond motifs is 1. The first kappa shape index (κ1) is 22.9. The van der Waals surface area contributed by atoms with E-state index in [1.54, 1.807) is 36.4 Å². The molecule has 0 saturated carbocycles. The first-order chi connectivity index (χ1) is 15.8. The Morgan fingerprint density at radius 1 is 0.970 bits per heavy atom. The van der Waals surface area contributed by atoms with Crippen LogP contribution in [0.3, 0.4) is 0 Å². The number of esters is 1. The van der Waals surface area contributed by atoms with Gasteiger partial charge in [-0.2, -0.15) is 4.31 Å². The summed E-state index contributed by atoms with van der Waals surface area (Å²) in [7, 11) is -2.15. The van der Waals surface area contributed by atoms with Gasteiger partial charge in [-0.15, -0.1) is 0 Å². The SMILES string of the molecule is COc1ccc(S(=O)(=O)N2CCC(C(=O)OCCN3C(=O)c4ccccc4C3=O)CC2)cc1. The number of amides is 2.